The quantitative estimate of drug-likeness (QED) is 0.445. The van der Waals surface area contributed by atoms with Crippen molar-refractivity contribution in [2.45, 2.75) is 26.7 Å². The second kappa shape index (κ2) is 7.84. The number of carbonyl (C=O) groups excluding carboxylic acids is 1. The molecule has 0 aliphatic heterocycles. The van der Waals surface area contributed by atoms with Gasteiger partial charge < -0.3 is 10.3 Å². The lowest BCUT2D eigenvalue weighted by molar-refractivity contribution is -0.115. The number of fused-ring (bicyclic) bond motifs is 2. The number of aryl methyl sites for hydroxylation is 2. The van der Waals surface area contributed by atoms with Gasteiger partial charge in [-0.1, -0.05) is 18.2 Å². The summed E-state index contributed by atoms with van der Waals surface area (Å²) in [4.78, 5) is 28.9. The summed E-state index contributed by atoms with van der Waals surface area (Å²) in [6, 6.07) is 13.9. The molecule has 0 saturated heterocycles. The third-order valence-corrected chi connectivity index (χ3v) is 5.11. The van der Waals surface area contributed by atoms with Crippen LogP contribution in [0.1, 0.15) is 28.6 Å². The van der Waals surface area contributed by atoms with Crippen molar-refractivity contribution >= 4 is 28.4 Å². The van der Waals surface area contributed by atoms with E-state index in [0.717, 1.165) is 22.4 Å². The summed E-state index contributed by atoms with van der Waals surface area (Å²) >= 11 is 0. The number of hydrogen-bond acceptors (Lipinski definition) is 5. The first kappa shape index (κ1) is 19.8. The predicted molar refractivity (Wildman–Crippen MR) is 118 cm³/mol. The second-order valence-corrected chi connectivity index (χ2v) is 7.69. The minimum Gasteiger partial charge on any atom is -0.342 e. The molecule has 5 aromatic rings. The Balaban J connectivity index is 1.31. The number of imidazole rings is 1. The molecule has 0 aliphatic carbocycles. The molecule has 0 spiro atoms. The summed E-state index contributed by atoms with van der Waals surface area (Å²) in [7, 11) is 0. The van der Waals surface area contributed by atoms with Crippen LogP contribution in [0.3, 0.4) is 0 Å². The summed E-state index contributed by atoms with van der Waals surface area (Å²) in [5.74, 6) is 1.04. The fraction of sp³-hybridized carbons (Fsp3) is 0.174. The van der Waals surface area contributed by atoms with Crippen LogP contribution in [0.4, 0.5) is 10.1 Å². The second-order valence-electron chi connectivity index (χ2n) is 7.69. The molecule has 1 amide bonds. The van der Waals surface area contributed by atoms with Crippen LogP contribution in [0.2, 0.25) is 0 Å². The minimum atomic E-state index is -0.262. The summed E-state index contributed by atoms with van der Waals surface area (Å²) < 4.78 is 15.6. The lowest BCUT2D eigenvalue weighted by Gasteiger charge is -2.03. The number of H-pyrrole nitrogens is 1. The Hall–Kier alpha value is -4.14. The van der Waals surface area contributed by atoms with Gasteiger partial charge in [-0.2, -0.15) is 4.98 Å². The summed E-state index contributed by atoms with van der Waals surface area (Å²) in [5.41, 5.74) is 4.45. The molecule has 3 aromatic heterocycles. The van der Waals surface area contributed by atoms with Crippen molar-refractivity contribution in [3.8, 4) is 0 Å². The zero-order chi connectivity index (χ0) is 22.2. The number of rotatable bonds is 5. The molecule has 9 heteroatoms. The van der Waals surface area contributed by atoms with Crippen LogP contribution in [-0.2, 0) is 17.6 Å². The highest BCUT2D eigenvalue weighted by Crippen LogP contribution is 2.20. The van der Waals surface area contributed by atoms with Crippen LogP contribution < -0.4 is 5.32 Å². The molecular weight excluding hydrogens is 409 g/mol. The Kier molecular flexibility index (Phi) is 4.85. The molecule has 8 nitrogen and oxygen atoms in total. The lowest BCUT2D eigenvalue weighted by Crippen LogP contribution is -2.15. The molecule has 5 rings (SSSR count). The van der Waals surface area contributed by atoms with Crippen LogP contribution in [0.5, 0.6) is 0 Å². The largest absolute Gasteiger partial charge is 0.342 e. The first-order chi connectivity index (χ1) is 15.4. The molecule has 2 N–H and O–H groups in total. The van der Waals surface area contributed by atoms with E-state index in [1.807, 2.05) is 26.0 Å². The van der Waals surface area contributed by atoms with Crippen molar-refractivity contribution in [1.82, 2.24) is 29.5 Å². The Morgan fingerprint density at radius 1 is 1.09 bits per heavy atom. The van der Waals surface area contributed by atoms with Gasteiger partial charge in [0.15, 0.2) is 5.82 Å². The topological polar surface area (TPSA) is 101 Å². The van der Waals surface area contributed by atoms with E-state index in [1.165, 1.54) is 6.07 Å². The van der Waals surface area contributed by atoms with E-state index in [-0.39, 0.29) is 18.1 Å². The number of amides is 1. The monoisotopic (exact) mass is 429 g/mol. The number of carbonyl (C=O) groups is 1. The van der Waals surface area contributed by atoms with Crippen LogP contribution in [0.25, 0.3) is 16.8 Å². The molecule has 0 atom stereocenters. The summed E-state index contributed by atoms with van der Waals surface area (Å²) in [6.45, 7) is 3.81. The van der Waals surface area contributed by atoms with Crippen molar-refractivity contribution in [3.63, 3.8) is 0 Å². The third kappa shape index (κ3) is 3.92. The Labute approximate surface area is 182 Å². The standard InChI is InChI=1S/C23H20FN7O/c1-13-9-14(2)31-23(25-13)29-21(30-31)12-22(32)26-16-7-8-18-19(11-16)28-20(27-18)10-15-5-3-4-6-17(15)24/h3-9,11H,10,12H2,1-2H3,(H,26,32)(H,27,28). The number of nitrogens with zero attached hydrogens (tertiary/aromatic N) is 5. The van der Waals surface area contributed by atoms with E-state index in [9.17, 15) is 9.18 Å². The van der Waals surface area contributed by atoms with Crippen molar-refractivity contribution in [2.75, 3.05) is 5.32 Å². The number of aromatic amines is 1. The van der Waals surface area contributed by atoms with Crippen molar-refractivity contribution in [1.29, 1.82) is 0 Å². The van der Waals surface area contributed by atoms with E-state index in [4.69, 9.17) is 0 Å². The molecular formula is C23H20FN7O. The van der Waals surface area contributed by atoms with Gasteiger partial charge in [-0.25, -0.2) is 18.9 Å². The van der Waals surface area contributed by atoms with E-state index in [1.54, 1.807) is 34.8 Å². The van der Waals surface area contributed by atoms with Crippen LogP contribution in [-0.4, -0.2) is 35.5 Å². The molecule has 2 aromatic carbocycles. The fourth-order valence-electron chi connectivity index (χ4n) is 3.68. The molecule has 32 heavy (non-hydrogen) atoms. The molecule has 0 bridgehead atoms. The number of halogens is 1. The minimum absolute atomic E-state index is 0.0292. The van der Waals surface area contributed by atoms with Crippen LogP contribution >= 0.6 is 0 Å². The average molecular weight is 429 g/mol. The van der Waals surface area contributed by atoms with Crippen LogP contribution in [0, 0.1) is 19.7 Å². The highest BCUT2D eigenvalue weighted by molar-refractivity contribution is 5.94. The van der Waals surface area contributed by atoms with Crippen molar-refractivity contribution in [2.24, 2.45) is 0 Å². The zero-order valence-electron chi connectivity index (χ0n) is 17.6. The van der Waals surface area contributed by atoms with Gasteiger partial charge in [0.1, 0.15) is 11.6 Å². The molecule has 160 valence electrons. The van der Waals surface area contributed by atoms with Crippen molar-refractivity contribution < 1.29 is 9.18 Å². The number of benzene rings is 2. The van der Waals surface area contributed by atoms with Gasteiger partial charge in [0.2, 0.25) is 5.91 Å². The number of hydrogen-bond donors (Lipinski definition) is 2. The molecule has 0 fully saturated rings. The van der Waals surface area contributed by atoms with Gasteiger partial charge in [0.05, 0.1) is 17.5 Å². The van der Waals surface area contributed by atoms with Gasteiger partial charge >= 0.3 is 0 Å². The predicted octanol–water partition coefficient (Wildman–Crippen LogP) is 3.53. The van der Waals surface area contributed by atoms with Crippen molar-refractivity contribution in [3.05, 3.63) is 82.9 Å². The Bertz CT molecular complexity index is 1470. The summed E-state index contributed by atoms with van der Waals surface area (Å²) in [6.07, 6.45) is 0.386. The molecule has 3 heterocycles. The lowest BCUT2D eigenvalue weighted by atomic mass is 10.1. The third-order valence-electron chi connectivity index (χ3n) is 5.11. The number of anilines is 1. The molecule has 0 saturated carbocycles. The zero-order valence-corrected chi connectivity index (χ0v) is 17.6. The van der Waals surface area contributed by atoms with Gasteiger partial charge in [-0.3, -0.25) is 4.79 Å². The molecule has 0 aliphatic rings. The highest BCUT2D eigenvalue weighted by Gasteiger charge is 2.13. The van der Waals surface area contributed by atoms with Gasteiger partial charge in [-0.05, 0) is 49.7 Å². The smallest absolute Gasteiger partial charge is 0.252 e. The number of nitrogens with one attached hydrogen (secondary N) is 2. The van der Waals surface area contributed by atoms with Gasteiger partial charge in [-0.15, -0.1) is 5.10 Å². The first-order valence-electron chi connectivity index (χ1n) is 10.2. The average Bonchev–Trinajstić information content (AvgIpc) is 3.32. The normalized spacial score (nSPS) is 11.3. The fourth-order valence-corrected chi connectivity index (χ4v) is 3.68. The highest BCUT2D eigenvalue weighted by atomic mass is 19.1. The maximum absolute atomic E-state index is 13.9. The van der Waals surface area contributed by atoms with E-state index >= 15 is 0 Å². The Morgan fingerprint density at radius 2 is 1.94 bits per heavy atom. The van der Waals surface area contributed by atoms with E-state index in [0.29, 0.717) is 35.1 Å². The maximum atomic E-state index is 13.9. The number of aromatic nitrogens is 6. The van der Waals surface area contributed by atoms with E-state index in [2.05, 4.69) is 30.4 Å². The van der Waals surface area contributed by atoms with Gasteiger partial charge in [0.25, 0.3) is 5.78 Å². The molecule has 0 unspecified atom stereocenters. The van der Waals surface area contributed by atoms with E-state index < -0.39 is 0 Å². The maximum Gasteiger partial charge on any atom is 0.252 e. The Morgan fingerprint density at radius 3 is 2.78 bits per heavy atom. The SMILES string of the molecule is Cc1cc(C)n2nc(CC(=O)Nc3ccc4nc(Cc5ccccc5F)[nH]c4c3)nc2n1. The first-order valence-corrected chi connectivity index (χ1v) is 10.2. The van der Waals surface area contributed by atoms with Crippen LogP contribution in [0.15, 0.2) is 48.5 Å². The summed E-state index contributed by atoms with van der Waals surface area (Å²) in [5, 5.41) is 7.24. The molecule has 0 radical (unpaired) electrons. The van der Waals surface area contributed by atoms with Gasteiger partial charge in [0, 0.05) is 23.5 Å².